The Morgan fingerprint density at radius 1 is 0.914 bits per heavy atom. The lowest BCUT2D eigenvalue weighted by molar-refractivity contribution is -0.384. The van der Waals surface area contributed by atoms with Crippen molar-refractivity contribution in [2.24, 2.45) is 0 Å². The highest BCUT2D eigenvalue weighted by atomic mass is 79.9. The Labute approximate surface area is 236 Å². The van der Waals surface area contributed by atoms with Gasteiger partial charge in [0.1, 0.15) is 0 Å². The second kappa shape index (κ2) is 10.1. The van der Waals surface area contributed by atoms with E-state index < -0.39 is 22.6 Å². The van der Waals surface area contributed by atoms with Gasteiger partial charge in [-0.1, -0.05) is 35.9 Å². The number of carbonyl (C=O) groups is 3. The third-order valence-electron chi connectivity index (χ3n) is 5.14. The van der Waals surface area contributed by atoms with Crippen molar-refractivity contribution in [3.05, 3.63) is 104 Å². The Morgan fingerprint density at radius 2 is 1.49 bits per heavy atom. The zero-order valence-electron chi connectivity index (χ0n) is 17.1. The number of rotatable bonds is 5. The summed E-state index contributed by atoms with van der Waals surface area (Å²) < 4.78 is 1.63. The van der Waals surface area contributed by atoms with E-state index in [1.54, 1.807) is 24.3 Å². The summed E-state index contributed by atoms with van der Waals surface area (Å²) in [5.74, 6) is -2.30. The fourth-order valence-corrected chi connectivity index (χ4v) is 6.13. The Kier molecular flexibility index (Phi) is 7.49. The molecule has 3 amide bonds. The van der Waals surface area contributed by atoms with Crippen LogP contribution in [0.4, 0.5) is 5.69 Å². The number of nitro benzene ring substituents is 1. The van der Waals surface area contributed by atoms with Crippen LogP contribution in [-0.4, -0.2) is 32.7 Å². The second-order valence-electron chi connectivity index (χ2n) is 7.19. The van der Waals surface area contributed by atoms with E-state index >= 15 is 0 Å². The number of nitrogens with zero attached hydrogens (tertiary/aromatic N) is 3. The van der Waals surface area contributed by atoms with Crippen LogP contribution in [0.5, 0.6) is 0 Å². The van der Waals surface area contributed by atoms with Crippen LogP contribution in [0, 0.1) is 10.1 Å². The standard InChI is InChI=1S/C22H10Br4ClN3O5/c23-16-14-15(17(24)19(26)18(16)25)22(33)29(21(14)32)28(9-11-4-1-2-7-13(11)27)20(31)10-5-3-6-12(8-10)30(34)35/h1-8H,9H2. The predicted molar refractivity (Wildman–Crippen MR) is 142 cm³/mol. The third-order valence-corrected chi connectivity index (χ3v) is 10.3. The second-order valence-corrected chi connectivity index (χ2v) is 10.8. The normalized spacial score (nSPS) is 12.7. The highest BCUT2D eigenvalue weighted by molar-refractivity contribution is 9.15. The molecular formula is C22H10Br4ClN3O5. The van der Waals surface area contributed by atoms with E-state index in [-0.39, 0.29) is 28.9 Å². The van der Waals surface area contributed by atoms with Gasteiger partial charge in [0.25, 0.3) is 23.4 Å². The number of hydrazine groups is 1. The zero-order chi connectivity index (χ0) is 25.6. The molecule has 35 heavy (non-hydrogen) atoms. The van der Waals surface area contributed by atoms with Crippen LogP contribution < -0.4 is 0 Å². The molecule has 0 aromatic heterocycles. The molecule has 1 heterocycles. The number of halogens is 5. The van der Waals surface area contributed by atoms with Crippen molar-refractivity contribution < 1.29 is 19.3 Å². The molecule has 0 saturated heterocycles. The van der Waals surface area contributed by atoms with Crippen molar-refractivity contribution in [2.45, 2.75) is 6.54 Å². The fourth-order valence-electron chi connectivity index (χ4n) is 3.48. The van der Waals surface area contributed by atoms with Gasteiger partial charge in [0.2, 0.25) is 0 Å². The molecule has 0 spiro atoms. The minimum Gasteiger partial charge on any atom is -0.267 e. The summed E-state index contributed by atoms with van der Waals surface area (Å²) in [6, 6.07) is 11.7. The van der Waals surface area contributed by atoms with Gasteiger partial charge in [-0.2, -0.15) is 5.01 Å². The number of carbonyl (C=O) groups excluding carboxylic acids is 3. The first-order valence-corrected chi connectivity index (χ1v) is 13.1. The van der Waals surface area contributed by atoms with Crippen LogP contribution in [0.2, 0.25) is 5.02 Å². The SMILES string of the molecule is O=C(c1cccc([N+](=O)[O-])c1)N(Cc1ccccc1Cl)N1C(=O)c2c(Br)c(Br)c(Br)c(Br)c2C1=O. The molecule has 178 valence electrons. The molecule has 0 N–H and O–H groups in total. The number of amides is 3. The van der Waals surface area contributed by atoms with Crippen molar-refractivity contribution in [3.8, 4) is 0 Å². The average molecular weight is 751 g/mol. The zero-order valence-corrected chi connectivity index (χ0v) is 24.2. The lowest BCUT2D eigenvalue weighted by Gasteiger charge is -2.30. The van der Waals surface area contributed by atoms with Crippen LogP contribution in [0.25, 0.3) is 0 Å². The van der Waals surface area contributed by atoms with Gasteiger partial charge < -0.3 is 0 Å². The monoisotopic (exact) mass is 747 g/mol. The van der Waals surface area contributed by atoms with Gasteiger partial charge in [-0.15, -0.1) is 0 Å². The largest absolute Gasteiger partial charge is 0.282 e. The average Bonchev–Trinajstić information content (AvgIpc) is 3.10. The Hall–Kier alpha value is -2.12. The van der Waals surface area contributed by atoms with Gasteiger partial charge in [0.15, 0.2) is 0 Å². The van der Waals surface area contributed by atoms with Gasteiger partial charge in [0.05, 0.1) is 22.6 Å². The van der Waals surface area contributed by atoms with Gasteiger partial charge in [-0.25, -0.2) is 5.01 Å². The summed E-state index contributed by atoms with van der Waals surface area (Å²) in [6.07, 6.45) is 0. The van der Waals surface area contributed by atoms with Crippen LogP contribution in [0.15, 0.2) is 66.4 Å². The first kappa shape index (κ1) is 26.0. The molecule has 0 unspecified atom stereocenters. The molecule has 13 heteroatoms. The summed E-state index contributed by atoms with van der Waals surface area (Å²) in [4.78, 5) is 51.4. The molecule has 3 aromatic carbocycles. The summed E-state index contributed by atoms with van der Waals surface area (Å²) in [6.45, 7) is -0.246. The maximum Gasteiger partial charge on any atom is 0.282 e. The third kappa shape index (κ3) is 4.57. The summed E-state index contributed by atoms with van der Waals surface area (Å²) in [7, 11) is 0. The lowest BCUT2D eigenvalue weighted by Crippen LogP contribution is -2.49. The van der Waals surface area contributed by atoms with Crippen LogP contribution in [0.1, 0.15) is 36.6 Å². The molecular weight excluding hydrogens is 741 g/mol. The van der Waals surface area contributed by atoms with Gasteiger partial charge >= 0.3 is 0 Å². The Bertz CT molecular complexity index is 1400. The topological polar surface area (TPSA) is 101 Å². The van der Waals surface area contributed by atoms with E-state index in [9.17, 15) is 24.5 Å². The van der Waals surface area contributed by atoms with Crippen LogP contribution in [0.3, 0.4) is 0 Å². The van der Waals surface area contributed by atoms with Crippen LogP contribution in [-0.2, 0) is 6.54 Å². The first-order valence-electron chi connectivity index (χ1n) is 9.59. The maximum atomic E-state index is 13.6. The van der Waals surface area contributed by atoms with Crippen molar-refractivity contribution in [1.82, 2.24) is 10.0 Å². The molecule has 4 rings (SSSR count). The molecule has 0 atom stereocenters. The molecule has 0 saturated carbocycles. The molecule has 0 radical (unpaired) electrons. The molecule has 1 aliphatic rings. The highest BCUT2D eigenvalue weighted by Crippen LogP contribution is 2.45. The van der Waals surface area contributed by atoms with Crippen LogP contribution >= 0.6 is 75.3 Å². The van der Waals surface area contributed by atoms with E-state index in [1.807, 2.05) is 0 Å². The molecule has 1 aliphatic heterocycles. The number of benzene rings is 3. The summed E-state index contributed by atoms with van der Waals surface area (Å²) >= 11 is 19.7. The predicted octanol–water partition coefficient (Wildman–Crippen LogP) is 7.15. The van der Waals surface area contributed by atoms with Crippen molar-refractivity contribution in [3.63, 3.8) is 0 Å². The fraction of sp³-hybridized carbons (Fsp3) is 0.0455. The minimum absolute atomic E-state index is 0.0490. The molecule has 0 aliphatic carbocycles. The lowest BCUT2D eigenvalue weighted by atomic mass is 10.1. The summed E-state index contributed by atoms with van der Waals surface area (Å²) in [5.41, 5.74) is 0.170. The van der Waals surface area contributed by atoms with Gasteiger partial charge in [-0.3, -0.25) is 24.5 Å². The van der Waals surface area contributed by atoms with E-state index in [0.29, 0.717) is 28.5 Å². The number of imide groups is 1. The van der Waals surface area contributed by atoms with Crippen molar-refractivity contribution in [1.29, 1.82) is 0 Å². The quantitative estimate of drug-likeness (QED) is 0.0907. The van der Waals surface area contributed by atoms with Crippen molar-refractivity contribution in [2.75, 3.05) is 0 Å². The highest BCUT2D eigenvalue weighted by Gasteiger charge is 2.45. The van der Waals surface area contributed by atoms with E-state index in [2.05, 4.69) is 63.7 Å². The molecule has 0 bridgehead atoms. The number of nitro groups is 1. The molecule has 0 fully saturated rings. The van der Waals surface area contributed by atoms with Gasteiger partial charge in [-0.05, 0) is 81.4 Å². The molecule has 3 aromatic rings. The summed E-state index contributed by atoms with van der Waals surface area (Å²) in [5, 5.41) is 13.2. The van der Waals surface area contributed by atoms with E-state index in [4.69, 9.17) is 11.6 Å². The van der Waals surface area contributed by atoms with Gasteiger partial charge in [0, 0.05) is 40.6 Å². The smallest absolute Gasteiger partial charge is 0.267 e. The maximum absolute atomic E-state index is 13.6. The first-order chi connectivity index (χ1) is 16.5. The number of fused-ring (bicyclic) bond motifs is 1. The van der Waals surface area contributed by atoms with Crippen molar-refractivity contribution >= 4 is 98.7 Å². The van der Waals surface area contributed by atoms with E-state index in [1.165, 1.54) is 18.2 Å². The number of hydrogen-bond acceptors (Lipinski definition) is 5. The number of non-ortho nitro benzene ring substituents is 1. The van der Waals surface area contributed by atoms with E-state index in [0.717, 1.165) is 16.1 Å². The number of hydrogen-bond donors (Lipinski definition) is 0. The minimum atomic E-state index is -0.798. The molecule has 8 nitrogen and oxygen atoms in total. The Balaban J connectivity index is 1.87. The Morgan fingerprint density at radius 3 is 2.03 bits per heavy atom.